The highest BCUT2D eigenvalue weighted by molar-refractivity contribution is 6.04. The summed E-state index contributed by atoms with van der Waals surface area (Å²) in [6.45, 7) is 8.20. The maximum atomic E-state index is 12.5. The Hall–Kier alpha value is -1.88. The van der Waals surface area contributed by atoms with Gasteiger partial charge in [-0.15, -0.1) is 0 Å². The first-order valence-corrected chi connectivity index (χ1v) is 7.82. The lowest BCUT2D eigenvalue weighted by atomic mass is 9.91. The number of nitrogens with two attached hydrogens (primary N) is 1. The number of likely N-dealkylation sites (tertiary alicyclic amines) is 1. The summed E-state index contributed by atoms with van der Waals surface area (Å²) in [5.41, 5.74) is 6.16. The van der Waals surface area contributed by atoms with E-state index in [1.807, 2.05) is 6.92 Å². The van der Waals surface area contributed by atoms with E-state index in [0.717, 1.165) is 13.1 Å². The topological polar surface area (TPSA) is 75.4 Å². The minimum absolute atomic E-state index is 0.102. The average Bonchev–Trinajstić information content (AvgIpc) is 2.45. The fraction of sp³-hybridized carbons (Fsp3) is 0.529. The van der Waals surface area contributed by atoms with E-state index in [0.29, 0.717) is 23.1 Å². The van der Waals surface area contributed by atoms with E-state index in [-0.39, 0.29) is 11.9 Å². The molecule has 3 N–H and O–H groups in total. The first kappa shape index (κ1) is 16.5. The van der Waals surface area contributed by atoms with Crippen molar-refractivity contribution in [2.24, 2.45) is 17.6 Å². The highest BCUT2D eigenvalue weighted by Gasteiger charge is 2.29. The van der Waals surface area contributed by atoms with Gasteiger partial charge in [0.15, 0.2) is 0 Å². The third kappa shape index (κ3) is 3.85. The van der Waals surface area contributed by atoms with Gasteiger partial charge in [0.05, 0.1) is 17.3 Å². The van der Waals surface area contributed by atoms with Gasteiger partial charge in [-0.25, -0.2) is 0 Å². The Morgan fingerprint density at radius 1 is 1.23 bits per heavy atom. The molecule has 1 fully saturated rings. The van der Waals surface area contributed by atoms with Crippen molar-refractivity contribution in [3.63, 3.8) is 0 Å². The molecule has 2 rings (SSSR count). The SMILES string of the molecule is C[C@@H]1C[C@H](C)CN([C@H](C)C(=O)Nc2ccccc2C(N)=O)C1. The Labute approximate surface area is 131 Å². The molecule has 0 bridgehead atoms. The van der Waals surface area contributed by atoms with Crippen molar-refractivity contribution in [1.82, 2.24) is 4.90 Å². The zero-order valence-corrected chi connectivity index (χ0v) is 13.5. The lowest BCUT2D eigenvalue weighted by Crippen LogP contribution is -2.48. The van der Waals surface area contributed by atoms with E-state index in [4.69, 9.17) is 5.73 Å². The predicted octanol–water partition coefficient (Wildman–Crippen LogP) is 2.09. The molecule has 0 aliphatic carbocycles. The number of hydrogen-bond donors (Lipinski definition) is 2. The number of carbonyl (C=O) groups excluding carboxylic acids is 2. The third-order valence-corrected chi connectivity index (χ3v) is 4.27. The number of nitrogens with one attached hydrogen (secondary N) is 1. The van der Waals surface area contributed by atoms with Gasteiger partial charge in [0, 0.05) is 13.1 Å². The molecule has 5 nitrogen and oxygen atoms in total. The molecule has 1 heterocycles. The van der Waals surface area contributed by atoms with Crippen LogP contribution in [-0.4, -0.2) is 35.8 Å². The van der Waals surface area contributed by atoms with Crippen molar-refractivity contribution >= 4 is 17.5 Å². The Bertz CT molecular complexity index is 549. The van der Waals surface area contributed by atoms with Crippen LogP contribution in [0.25, 0.3) is 0 Å². The molecule has 5 heteroatoms. The molecule has 0 radical (unpaired) electrons. The second kappa shape index (κ2) is 6.92. The summed E-state index contributed by atoms with van der Waals surface area (Å²) >= 11 is 0. The van der Waals surface area contributed by atoms with Gasteiger partial charge in [0.1, 0.15) is 0 Å². The summed E-state index contributed by atoms with van der Waals surface area (Å²) in [7, 11) is 0. The van der Waals surface area contributed by atoms with Crippen LogP contribution < -0.4 is 11.1 Å². The molecule has 0 aromatic heterocycles. The van der Waals surface area contributed by atoms with Crippen LogP contribution in [0.15, 0.2) is 24.3 Å². The molecule has 1 saturated heterocycles. The number of primary amides is 1. The third-order valence-electron chi connectivity index (χ3n) is 4.27. The second-order valence-electron chi connectivity index (χ2n) is 6.48. The fourth-order valence-electron chi connectivity index (χ4n) is 3.24. The summed E-state index contributed by atoms with van der Waals surface area (Å²) in [5.74, 6) is 0.549. The van der Waals surface area contributed by atoms with Crippen molar-refractivity contribution in [3.8, 4) is 0 Å². The fourth-order valence-corrected chi connectivity index (χ4v) is 3.24. The Kier molecular flexibility index (Phi) is 5.19. The zero-order valence-electron chi connectivity index (χ0n) is 13.5. The minimum atomic E-state index is -0.538. The normalized spacial score (nSPS) is 23.8. The van der Waals surface area contributed by atoms with Crippen LogP contribution in [0.3, 0.4) is 0 Å². The summed E-state index contributed by atoms with van der Waals surface area (Å²) in [6.07, 6.45) is 1.20. The summed E-state index contributed by atoms with van der Waals surface area (Å²) in [5, 5.41) is 2.84. The summed E-state index contributed by atoms with van der Waals surface area (Å²) in [4.78, 5) is 26.1. The molecule has 0 spiro atoms. The smallest absolute Gasteiger partial charge is 0.250 e. The number of piperidine rings is 1. The number of nitrogens with zero attached hydrogens (tertiary/aromatic N) is 1. The van der Waals surface area contributed by atoms with Gasteiger partial charge in [-0.05, 0) is 37.3 Å². The number of benzene rings is 1. The summed E-state index contributed by atoms with van der Waals surface area (Å²) < 4.78 is 0. The summed E-state index contributed by atoms with van der Waals surface area (Å²) in [6, 6.07) is 6.59. The standard InChI is InChI=1S/C17H25N3O2/c1-11-8-12(2)10-20(9-11)13(3)17(22)19-15-7-5-4-6-14(15)16(18)21/h4-7,11-13H,8-10H2,1-3H3,(H2,18,21)(H,19,22)/t11-,12+,13-/m1/s1. The van der Waals surface area contributed by atoms with Gasteiger partial charge < -0.3 is 11.1 Å². The molecular formula is C17H25N3O2. The molecule has 0 saturated carbocycles. The molecular weight excluding hydrogens is 278 g/mol. The van der Waals surface area contributed by atoms with Crippen molar-refractivity contribution < 1.29 is 9.59 Å². The van der Waals surface area contributed by atoms with Crippen LogP contribution in [0.2, 0.25) is 0 Å². The van der Waals surface area contributed by atoms with Crippen LogP contribution >= 0.6 is 0 Å². The molecule has 120 valence electrons. The molecule has 1 aromatic carbocycles. The van der Waals surface area contributed by atoms with Gasteiger partial charge in [-0.3, -0.25) is 14.5 Å². The highest BCUT2D eigenvalue weighted by Crippen LogP contribution is 2.23. The van der Waals surface area contributed by atoms with Gasteiger partial charge >= 0.3 is 0 Å². The van der Waals surface area contributed by atoms with E-state index < -0.39 is 5.91 Å². The maximum Gasteiger partial charge on any atom is 0.250 e. The number of hydrogen-bond acceptors (Lipinski definition) is 3. The number of para-hydroxylation sites is 1. The molecule has 1 aliphatic rings. The molecule has 22 heavy (non-hydrogen) atoms. The van der Waals surface area contributed by atoms with Crippen LogP contribution in [-0.2, 0) is 4.79 Å². The predicted molar refractivity (Wildman–Crippen MR) is 87.6 cm³/mol. The molecule has 0 unspecified atom stereocenters. The van der Waals surface area contributed by atoms with E-state index in [2.05, 4.69) is 24.1 Å². The van der Waals surface area contributed by atoms with Crippen LogP contribution in [0.4, 0.5) is 5.69 Å². The van der Waals surface area contributed by atoms with Gasteiger partial charge in [0.25, 0.3) is 5.91 Å². The van der Waals surface area contributed by atoms with Gasteiger partial charge in [-0.2, -0.15) is 0 Å². The van der Waals surface area contributed by atoms with Crippen LogP contribution in [0, 0.1) is 11.8 Å². The van der Waals surface area contributed by atoms with Gasteiger partial charge in [0.2, 0.25) is 5.91 Å². The van der Waals surface area contributed by atoms with E-state index >= 15 is 0 Å². The van der Waals surface area contributed by atoms with Crippen molar-refractivity contribution in [3.05, 3.63) is 29.8 Å². The lowest BCUT2D eigenvalue weighted by Gasteiger charge is -2.38. The first-order chi connectivity index (χ1) is 10.4. The highest BCUT2D eigenvalue weighted by atomic mass is 16.2. The molecule has 1 aromatic rings. The maximum absolute atomic E-state index is 12.5. The largest absolute Gasteiger partial charge is 0.366 e. The monoisotopic (exact) mass is 303 g/mol. The Morgan fingerprint density at radius 2 is 1.82 bits per heavy atom. The van der Waals surface area contributed by atoms with Crippen molar-refractivity contribution in [1.29, 1.82) is 0 Å². The van der Waals surface area contributed by atoms with Crippen molar-refractivity contribution in [2.45, 2.75) is 33.2 Å². The number of anilines is 1. The average molecular weight is 303 g/mol. The van der Waals surface area contributed by atoms with E-state index in [9.17, 15) is 9.59 Å². The second-order valence-corrected chi connectivity index (χ2v) is 6.48. The Balaban J connectivity index is 2.07. The molecule has 3 atom stereocenters. The zero-order chi connectivity index (χ0) is 16.3. The lowest BCUT2D eigenvalue weighted by molar-refractivity contribution is -0.121. The first-order valence-electron chi connectivity index (χ1n) is 7.82. The number of amides is 2. The quantitative estimate of drug-likeness (QED) is 0.894. The Morgan fingerprint density at radius 3 is 2.41 bits per heavy atom. The van der Waals surface area contributed by atoms with Crippen LogP contribution in [0.5, 0.6) is 0 Å². The van der Waals surface area contributed by atoms with Gasteiger partial charge in [-0.1, -0.05) is 26.0 Å². The van der Waals surface area contributed by atoms with Crippen molar-refractivity contribution in [2.75, 3.05) is 18.4 Å². The van der Waals surface area contributed by atoms with Crippen LogP contribution in [0.1, 0.15) is 37.6 Å². The molecule has 1 aliphatic heterocycles. The minimum Gasteiger partial charge on any atom is -0.366 e. The van der Waals surface area contributed by atoms with E-state index in [1.54, 1.807) is 24.3 Å². The number of carbonyl (C=O) groups is 2. The molecule has 2 amide bonds. The number of rotatable bonds is 4. The van der Waals surface area contributed by atoms with E-state index in [1.165, 1.54) is 6.42 Å².